The number of aliphatic hydroxyl groups excluding tert-OH is 6. The highest BCUT2D eigenvalue weighted by atomic mass is 16.7. The zero-order valence-corrected chi connectivity index (χ0v) is 21.6. The minimum absolute atomic E-state index is 0.0921. The maximum atomic E-state index is 12.7. The van der Waals surface area contributed by atoms with Crippen LogP contribution < -0.4 is 10.1 Å². The van der Waals surface area contributed by atoms with E-state index in [4.69, 9.17) is 24.1 Å². The summed E-state index contributed by atoms with van der Waals surface area (Å²) in [6, 6.07) is 2.90. The summed E-state index contributed by atoms with van der Waals surface area (Å²) in [6.45, 7) is 4.45. The molecule has 2 aliphatic heterocycles. The molecule has 1 amide bonds. The number of aliphatic hydroxyl groups is 6. The third kappa shape index (κ3) is 6.74. The van der Waals surface area contributed by atoms with Gasteiger partial charge < -0.3 is 60.0 Å². The number of carbonyl (C=O) groups excluding carboxylic acids is 2. The number of aromatic hydroxyl groups is 1. The van der Waals surface area contributed by atoms with Crippen molar-refractivity contribution in [1.82, 2.24) is 5.32 Å². The van der Waals surface area contributed by atoms with Crippen molar-refractivity contribution in [2.24, 2.45) is 0 Å². The van der Waals surface area contributed by atoms with Gasteiger partial charge in [0.25, 0.3) is 0 Å². The van der Waals surface area contributed by atoms with Crippen molar-refractivity contribution in [3.8, 4) is 11.5 Å². The molecule has 1 aromatic rings. The molecule has 2 heterocycles. The number of fused-ring (bicyclic) bond motifs is 1. The van der Waals surface area contributed by atoms with Crippen LogP contribution in [0.5, 0.6) is 11.5 Å². The fourth-order valence-electron chi connectivity index (χ4n) is 4.46. The van der Waals surface area contributed by atoms with E-state index in [9.17, 15) is 40.2 Å². The zero-order chi connectivity index (χ0) is 29.0. The first-order valence-electron chi connectivity index (χ1n) is 12.3. The predicted molar refractivity (Wildman–Crippen MR) is 131 cm³/mol. The number of hydrogen-bond acceptors (Lipinski definition) is 13. The maximum Gasteiger partial charge on any atom is 0.247 e. The van der Waals surface area contributed by atoms with Gasteiger partial charge >= 0.3 is 0 Å². The lowest BCUT2D eigenvalue weighted by molar-refractivity contribution is -0.155. The van der Waals surface area contributed by atoms with Gasteiger partial charge in [-0.3, -0.25) is 9.59 Å². The second kappa shape index (κ2) is 13.1. The molecular weight excluding hydrogens is 522 g/mol. The Kier molecular flexibility index (Phi) is 10.4. The van der Waals surface area contributed by atoms with Crippen LogP contribution >= 0.6 is 0 Å². The van der Waals surface area contributed by atoms with E-state index >= 15 is 0 Å². The molecule has 0 unspecified atom stereocenters. The van der Waals surface area contributed by atoms with Crippen LogP contribution in [0.1, 0.15) is 26.3 Å². The fourth-order valence-corrected chi connectivity index (χ4v) is 4.46. The smallest absolute Gasteiger partial charge is 0.247 e. The van der Waals surface area contributed by atoms with Gasteiger partial charge in [-0.15, -0.1) is 0 Å². The Hall–Kier alpha value is -2.66. The van der Waals surface area contributed by atoms with Gasteiger partial charge in [-0.2, -0.15) is 0 Å². The monoisotopic (exact) mass is 557 g/mol. The quantitative estimate of drug-likeness (QED) is 0.170. The summed E-state index contributed by atoms with van der Waals surface area (Å²) >= 11 is 0. The Morgan fingerprint density at radius 1 is 1.00 bits per heavy atom. The Bertz CT molecular complexity index is 1050. The number of phenolic OH excluding ortho intramolecular Hbond substituents is 1. The Morgan fingerprint density at radius 2 is 1.62 bits per heavy atom. The number of benzene rings is 1. The largest absolute Gasteiger partial charge is 0.504 e. The molecule has 1 aromatic carbocycles. The minimum atomic E-state index is -1.51. The van der Waals surface area contributed by atoms with Gasteiger partial charge in [-0.1, -0.05) is 6.07 Å². The summed E-state index contributed by atoms with van der Waals surface area (Å²) in [4.78, 5) is 24.2. The maximum absolute atomic E-state index is 12.7. The average Bonchev–Trinajstić information content (AvgIpc) is 3.48. The molecule has 0 bridgehead atoms. The van der Waals surface area contributed by atoms with E-state index in [1.807, 2.05) is 0 Å². The summed E-state index contributed by atoms with van der Waals surface area (Å²) in [5, 5.41) is 71.4. The first-order chi connectivity index (χ1) is 18.4. The van der Waals surface area contributed by atoms with Crippen LogP contribution in [0.15, 0.2) is 23.8 Å². The lowest BCUT2D eigenvalue weighted by Gasteiger charge is -2.41. The molecule has 10 atom stereocenters. The summed E-state index contributed by atoms with van der Waals surface area (Å²) in [6.07, 6.45) is -10.2. The number of hydrogen-bond donors (Lipinski definition) is 8. The molecule has 8 N–H and O–H groups in total. The summed E-state index contributed by atoms with van der Waals surface area (Å²) in [5.74, 6) is -1.59. The highest BCUT2D eigenvalue weighted by Gasteiger charge is 2.53. The number of carbonyl (C=O) groups is 2. The van der Waals surface area contributed by atoms with Crippen molar-refractivity contribution < 1.29 is 64.3 Å². The molecular formula is C25H35NO13. The predicted octanol–water partition coefficient (Wildman–Crippen LogP) is -2.47. The second-order valence-electron chi connectivity index (χ2n) is 9.36. The number of phenols is 1. The van der Waals surface area contributed by atoms with Gasteiger partial charge in [0.15, 0.2) is 17.3 Å². The molecule has 4 rings (SSSR count). The van der Waals surface area contributed by atoms with Crippen LogP contribution in [-0.4, -0.2) is 122 Å². The number of nitrogens with one attached hydrogen (secondary N) is 1. The van der Waals surface area contributed by atoms with Gasteiger partial charge in [-0.05, 0) is 44.5 Å². The highest BCUT2D eigenvalue weighted by Crippen LogP contribution is 2.33. The van der Waals surface area contributed by atoms with Crippen molar-refractivity contribution >= 4 is 17.8 Å². The van der Waals surface area contributed by atoms with E-state index in [1.54, 1.807) is 6.92 Å². The Labute approximate surface area is 224 Å². The Morgan fingerprint density at radius 3 is 2.18 bits per heavy atom. The van der Waals surface area contributed by atoms with Crippen LogP contribution in [-0.2, 0) is 23.8 Å². The van der Waals surface area contributed by atoms with Gasteiger partial charge in [0, 0.05) is 12.2 Å². The number of ketones is 1. The molecule has 0 aromatic heterocycles. The van der Waals surface area contributed by atoms with Crippen LogP contribution in [0.25, 0.3) is 6.08 Å². The van der Waals surface area contributed by atoms with Crippen molar-refractivity contribution in [2.75, 3.05) is 13.4 Å². The highest BCUT2D eigenvalue weighted by molar-refractivity contribution is 5.97. The van der Waals surface area contributed by atoms with E-state index in [0.717, 1.165) is 0 Å². The van der Waals surface area contributed by atoms with Crippen molar-refractivity contribution in [2.45, 2.75) is 81.9 Å². The Balaban J connectivity index is 0.00000134. The van der Waals surface area contributed by atoms with E-state index in [1.165, 1.54) is 38.1 Å². The summed E-state index contributed by atoms with van der Waals surface area (Å²) in [7, 11) is 0. The molecule has 0 spiro atoms. The number of amides is 1. The van der Waals surface area contributed by atoms with E-state index in [2.05, 4.69) is 5.32 Å². The van der Waals surface area contributed by atoms with Gasteiger partial charge in [0.2, 0.25) is 12.2 Å². The number of Topliss-reactive ketones (excluding diaryl/α,β-unsaturated/α-hetero) is 1. The second-order valence-corrected chi connectivity index (χ2v) is 9.36. The molecule has 3 aliphatic rings. The van der Waals surface area contributed by atoms with Gasteiger partial charge in [0.05, 0.1) is 6.04 Å². The molecule has 218 valence electrons. The van der Waals surface area contributed by atoms with Crippen LogP contribution in [0, 0.1) is 0 Å². The molecule has 14 nitrogen and oxygen atoms in total. The van der Waals surface area contributed by atoms with E-state index < -0.39 is 72.9 Å². The van der Waals surface area contributed by atoms with E-state index in [-0.39, 0.29) is 30.5 Å². The zero-order valence-electron chi connectivity index (χ0n) is 21.6. The first kappa shape index (κ1) is 30.9. The molecule has 1 aliphatic carbocycles. The average molecular weight is 558 g/mol. The normalized spacial score (nSPS) is 36.0. The SMILES string of the molecule is CC(=O)[C@H]1O[C@@H](Oc2ccc(/C=C(\C)C(=O)N[C@H]3[C@@H](O)[C@H](O)[C@@H]4OCO[C@@H]4[C@H]3O)cc2O)[C@@H](O)[C@@H]1O.CCO. The third-order valence-corrected chi connectivity index (χ3v) is 6.49. The van der Waals surface area contributed by atoms with Crippen molar-refractivity contribution in [1.29, 1.82) is 0 Å². The van der Waals surface area contributed by atoms with E-state index in [0.29, 0.717) is 5.56 Å². The summed E-state index contributed by atoms with van der Waals surface area (Å²) < 4.78 is 21.1. The molecule has 0 radical (unpaired) electrons. The van der Waals surface area contributed by atoms with Crippen LogP contribution in [0.2, 0.25) is 0 Å². The lowest BCUT2D eigenvalue weighted by atomic mass is 9.83. The third-order valence-electron chi connectivity index (χ3n) is 6.49. The molecule has 14 heteroatoms. The van der Waals surface area contributed by atoms with Gasteiger partial charge in [0.1, 0.15) is 55.6 Å². The van der Waals surface area contributed by atoms with Crippen LogP contribution in [0.3, 0.4) is 0 Å². The molecule has 2 saturated heterocycles. The van der Waals surface area contributed by atoms with Crippen LogP contribution in [0.4, 0.5) is 0 Å². The molecule has 1 saturated carbocycles. The number of rotatable bonds is 6. The molecule has 39 heavy (non-hydrogen) atoms. The van der Waals surface area contributed by atoms with Crippen molar-refractivity contribution in [3.63, 3.8) is 0 Å². The minimum Gasteiger partial charge on any atom is -0.504 e. The topological polar surface area (TPSA) is 225 Å². The van der Waals surface area contributed by atoms with Crippen molar-refractivity contribution in [3.05, 3.63) is 29.3 Å². The first-order valence-corrected chi connectivity index (χ1v) is 12.3. The van der Waals surface area contributed by atoms with Gasteiger partial charge in [-0.25, -0.2) is 0 Å². The summed E-state index contributed by atoms with van der Waals surface area (Å²) in [5.41, 5.74) is 0.545. The fraction of sp³-hybridized carbons (Fsp3) is 0.600. The number of ether oxygens (including phenoxy) is 4. The standard InChI is InChI=1S/C23H29NO12.C2H6O/c1-8(22(32)24-13-14(27)16(29)21-20(15(13)28)33-7-34-21)5-10-3-4-12(11(26)6-10)35-23-18(31)17(30)19(36-23)9(2)25;1-2-3/h3-6,13-21,23,26-31H,7H2,1-2H3,(H,24,32);3H,2H2,1H3/b8-5+;/t13-,14+,15-,16-,17-,18-,19+,20+,21-,23+;/m0./s1. The molecule has 3 fully saturated rings. The lowest BCUT2D eigenvalue weighted by Crippen LogP contribution is -2.67.